The minimum Gasteiger partial charge on any atom is -0.327 e. The van der Waals surface area contributed by atoms with Crippen LogP contribution in [0.2, 0.25) is 0 Å². The van der Waals surface area contributed by atoms with Gasteiger partial charge in [-0.1, -0.05) is 58.8 Å². The molecule has 1 aliphatic rings. The molecule has 0 saturated heterocycles. The van der Waals surface area contributed by atoms with Crippen LogP contribution in [0.15, 0.2) is 0 Å². The number of carbonyl (C=O) groups excluding carboxylic acids is 1. The van der Waals surface area contributed by atoms with Gasteiger partial charge in [-0.3, -0.25) is 4.79 Å². The highest BCUT2D eigenvalue weighted by molar-refractivity contribution is 5.82. The summed E-state index contributed by atoms with van der Waals surface area (Å²) in [5, 5.41) is 0. The molecule has 0 bridgehead atoms. The molecule has 106 valence electrons. The lowest BCUT2D eigenvalue weighted by molar-refractivity contribution is -0.124. The van der Waals surface area contributed by atoms with Crippen LogP contribution in [0.4, 0.5) is 0 Å². The Balaban J connectivity index is 2.45. The van der Waals surface area contributed by atoms with Gasteiger partial charge in [0.2, 0.25) is 0 Å². The molecule has 0 spiro atoms. The predicted octanol–water partition coefficient (Wildman–Crippen LogP) is 4.07. The second-order valence-corrected chi connectivity index (χ2v) is 6.00. The summed E-state index contributed by atoms with van der Waals surface area (Å²) in [5.74, 6) is 1.20. The van der Waals surface area contributed by atoms with Gasteiger partial charge in [-0.05, 0) is 18.8 Å². The third-order valence-corrected chi connectivity index (χ3v) is 4.52. The molecule has 18 heavy (non-hydrogen) atoms. The minimum atomic E-state index is 0.128. The Labute approximate surface area is 113 Å². The summed E-state index contributed by atoms with van der Waals surface area (Å²) < 4.78 is 0. The normalized spacial score (nSPS) is 26.6. The standard InChI is InChI=1S/C16H31NO/c1-3-5-9-13(4-2)12-16(18)14-10-7-6-8-11-15(14)17/h13-15H,3-12,17H2,1-2H3. The average Bonchev–Trinajstić information content (AvgIpc) is 2.59. The fourth-order valence-corrected chi connectivity index (χ4v) is 3.12. The first kappa shape index (κ1) is 15.7. The van der Waals surface area contributed by atoms with Crippen molar-refractivity contribution in [2.45, 2.75) is 84.1 Å². The van der Waals surface area contributed by atoms with Crippen LogP contribution in [-0.4, -0.2) is 11.8 Å². The monoisotopic (exact) mass is 253 g/mol. The fourth-order valence-electron chi connectivity index (χ4n) is 3.12. The smallest absolute Gasteiger partial charge is 0.137 e. The molecule has 2 N–H and O–H groups in total. The molecule has 0 aromatic carbocycles. The molecule has 1 rings (SSSR count). The SMILES string of the molecule is CCCCC(CC)CC(=O)C1CCCCCC1N. The lowest BCUT2D eigenvalue weighted by Gasteiger charge is -2.22. The predicted molar refractivity (Wildman–Crippen MR) is 77.5 cm³/mol. The van der Waals surface area contributed by atoms with Crippen molar-refractivity contribution in [2.75, 3.05) is 0 Å². The quantitative estimate of drug-likeness (QED) is 0.695. The van der Waals surface area contributed by atoms with Gasteiger partial charge in [0.25, 0.3) is 0 Å². The Bertz CT molecular complexity index is 239. The first-order valence-electron chi connectivity index (χ1n) is 7.97. The summed E-state index contributed by atoms with van der Waals surface area (Å²) in [6.45, 7) is 4.43. The summed E-state index contributed by atoms with van der Waals surface area (Å²) >= 11 is 0. The number of ketones is 1. The Morgan fingerprint density at radius 3 is 2.61 bits per heavy atom. The molecule has 0 radical (unpaired) electrons. The maximum Gasteiger partial charge on any atom is 0.137 e. The van der Waals surface area contributed by atoms with Gasteiger partial charge in [0.05, 0.1) is 0 Å². The maximum atomic E-state index is 12.4. The number of unbranched alkanes of at least 4 members (excludes halogenated alkanes) is 1. The van der Waals surface area contributed by atoms with E-state index < -0.39 is 0 Å². The molecular weight excluding hydrogens is 222 g/mol. The van der Waals surface area contributed by atoms with Gasteiger partial charge in [0, 0.05) is 18.4 Å². The maximum absolute atomic E-state index is 12.4. The van der Waals surface area contributed by atoms with E-state index in [1.54, 1.807) is 0 Å². The van der Waals surface area contributed by atoms with Crippen LogP contribution in [0.3, 0.4) is 0 Å². The van der Waals surface area contributed by atoms with Gasteiger partial charge in [-0.25, -0.2) is 0 Å². The van der Waals surface area contributed by atoms with Crippen molar-refractivity contribution in [1.82, 2.24) is 0 Å². The molecular formula is C16H31NO. The fraction of sp³-hybridized carbons (Fsp3) is 0.938. The van der Waals surface area contributed by atoms with Crippen LogP contribution in [0.25, 0.3) is 0 Å². The van der Waals surface area contributed by atoms with Gasteiger partial charge in [0.1, 0.15) is 5.78 Å². The molecule has 1 fully saturated rings. The molecule has 0 aliphatic heterocycles. The van der Waals surface area contributed by atoms with E-state index in [9.17, 15) is 4.79 Å². The highest BCUT2D eigenvalue weighted by Crippen LogP contribution is 2.27. The van der Waals surface area contributed by atoms with Crippen LogP contribution in [0.1, 0.15) is 78.1 Å². The number of hydrogen-bond acceptors (Lipinski definition) is 2. The number of Topliss-reactive ketones (excluding diaryl/α,β-unsaturated/α-hetero) is 1. The number of hydrogen-bond donors (Lipinski definition) is 1. The van der Waals surface area contributed by atoms with Gasteiger partial charge in [0.15, 0.2) is 0 Å². The zero-order valence-electron chi connectivity index (χ0n) is 12.3. The van der Waals surface area contributed by atoms with Gasteiger partial charge in [-0.15, -0.1) is 0 Å². The molecule has 1 saturated carbocycles. The van der Waals surface area contributed by atoms with Gasteiger partial charge >= 0.3 is 0 Å². The van der Waals surface area contributed by atoms with Crippen LogP contribution in [0.5, 0.6) is 0 Å². The van der Waals surface area contributed by atoms with Gasteiger partial charge < -0.3 is 5.73 Å². The summed E-state index contributed by atoms with van der Waals surface area (Å²) in [7, 11) is 0. The van der Waals surface area contributed by atoms with E-state index in [0.29, 0.717) is 11.7 Å². The third-order valence-electron chi connectivity index (χ3n) is 4.52. The molecule has 3 atom stereocenters. The summed E-state index contributed by atoms with van der Waals surface area (Å²) in [4.78, 5) is 12.4. The topological polar surface area (TPSA) is 43.1 Å². The molecule has 3 unspecified atom stereocenters. The third kappa shape index (κ3) is 5.09. The summed E-state index contributed by atoms with van der Waals surface area (Å²) in [6, 6.07) is 0.128. The van der Waals surface area contributed by atoms with Crippen molar-refractivity contribution in [3.8, 4) is 0 Å². The minimum absolute atomic E-state index is 0.128. The number of nitrogens with two attached hydrogens (primary N) is 1. The van der Waals surface area contributed by atoms with E-state index in [2.05, 4.69) is 13.8 Å². The zero-order chi connectivity index (χ0) is 13.4. The number of carbonyl (C=O) groups is 1. The highest BCUT2D eigenvalue weighted by Gasteiger charge is 2.27. The van der Waals surface area contributed by atoms with Crippen LogP contribution >= 0.6 is 0 Å². The Hall–Kier alpha value is -0.370. The van der Waals surface area contributed by atoms with E-state index in [1.165, 1.54) is 38.5 Å². The van der Waals surface area contributed by atoms with E-state index >= 15 is 0 Å². The number of rotatable bonds is 7. The first-order valence-corrected chi connectivity index (χ1v) is 7.97. The van der Waals surface area contributed by atoms with Crippen molar-refractivity contribution in [3.05, 3.63) is 0 Å². The van der Waals surface area contributed by atoms with Crippen molar-refractivity contribution >= 4 is 5.78 Å². The first-order chi connectivity index (χ1) is 8.69. The van der Waals surface area contributed by atoms with Crippen molar-refractivity contribution in [3.63, 3.8) is 0 Å². The van der Waals surface area contributed by atoms with Crippen LogP contribution in [-0.2, 0) is 4.79 Å². The van der Waals surface area contributed by atoms with Crippen LogP contribution < -0.4 is 5.73 Å². The molecule has 2 nitrogen and oxygen atoms in total. The Morgan fingerprint density at radius 2 is 1.94 bits per heavy atom. The molecule has 0 heterocycles. The van der Waals surface area contributed by atoms with E-state index in [4.69, 9.17) is 5.73 Å². The van der Waals surface area contributed by atoms with Crippen molar-refractivity contribution in [2.24, 2.45) is 17.6 Å². The van der Waals surface area contributed by atoms with E-state index in [-0.39, 0.29) is 12.0 Å². The van der Waals surface area contributed by atoms with E-state index in [1.807, 2.05) is 0 Å². The molecule has 0 amide bonds. The van der Waals surface area contributed by atoms with E-state index in [0.717, 1.165) is 25.7 Å². The van der Waals surface area contributed by atoms with Crippen LogP contribution in [0, 0.1) is 11.8 Å². The lowest BCUT2D eigenvalue weighted by atomic mass is 9.84. The lowest BCUT2D eigenvalue weighted by Crippen LogP contribution is -2.35. The van der Waals surface area contributed by atoms with Crippen molar-refractivity contribution in [1.29, 1.82) is 0 Å². The average molecular weight is 253 g/mol. The molecule has 2 heteroatoms. The van der Waals surface area contributed by atoms with Crippen molar-refractivity contribution < 1.29 is 4.79 Å². The Kier molecular flexibility index (Phi) is 7.57. The second-order valence-electron chi connectivity index (χ2n) is 6.00. The molecule has 0 aromatic heterocycles. The zero-order valence-corrected chi connectivity index (χ0v) is 12.3. The highest BCUT2D eigenvalue weighted by atomic mass is 16.1. The molecule has 1 aliphatic carbocycles. The summed E-state index contributed by atoms with van der Waals surface area (Å²) in [5.41, 5.74) is 6.18. The molecule has 0 aromatic rings. The Morgan fingerprint density at radius 1 is 1.22 bits per heavy atom. The summed E-state index contributed by atoms with van der Waals surface area (Å²) in [6.07, 6.45) is 11.3. The largest absolute Gasteiger partial charge is 0.327 e. The van der Waals surface area contributed by atoms with Gasteiger partial charge in [-0.2, -0.15) is 0 Å². The second kappa shape index (κ2) is 8.68.